The minimum atomic E-state index is -0.967. The third kappa shape index (κ3) is 15.6. The molecule has 4 aliphatic rings. The molecule has 64 heavy (non-hydrogen) atoms. The van der Waals surface area contributed by atoms with Crippen molar-refractivity contribution in [3.8, 4) is 0 Å². The Morgan fingerprint density at radius 2 is 1.19 bits per heavy atom. The number of aryl methyl sites for hydroxylation is 3. The summed E-state index contributed by atoms with van der Waals surface area (Å²) in [7, 11) is 3.27. The van der Waals surface area contributed by atoms with Crippen molar-refractivity contribution < 1.29 is 33.6 Å². The molecule has 8 amide bonds. The predicted molar refractivity (Wildman–Crippen MR) is 246 cm³/mol. The largest absolute Gasteiger partial charge is 0.368 e. The van der Waals surface area contributed by atoms with Crippen LogP contribution in [0.25, 0.3) is 0 Å². The minimum absolute atomic E-state index is 0.0537. The molecule has 0 radical (unpaired) electrons. The number of benzene rings is 2. The van der Waals surface area contributed by atoms with Gasteiger partial charge in [0, 0.05) is 32.7 Å². The zero-order valence-corrected chi connectivity index (χ0v) is 38.2. The van der Waals surface area contributed by atoms with Crippen LogP contribution in [0.5, 0.6) is 0 Å². The highest BCUT2D eigenvalue weighted by molar-refractivity contribution is 5.93. The first-order valence-corrected chi connectivity index (χ1v) is 23.1. The van der Waals surface area contributed by atoms with Gasteiger partial charge in [0.25, 0.3) is 0 Å². The van der Waals surface area contributed by atoms with E-state index in [1.165, 1.54) is 48.1 Å². The van der Waals surface area contributed by atoms with Gasteiger partial charge in [0.1, 0.15) is 18.1 Å². The number of carbonyl (C=O) groups is 7. The molecule has 6 atom stereocenters. The number of urea groups is 1. The topological polar surface area (TPSA) is 236 Å². The number of likely N-dealkylation sites (tertiary alicyclic amines) is 2. The van der Waals surface area contributed by atoms with Gasteiger partial charge >= 0.3 is 6.03 Å². The molecule has 2 saturated heterocycles. The fraction of sp³-hybridized carbons (Fsp3) is 0.596. The van der Waals surface area contributed by atoms with Gasteiger partial charge in [-0.2, -0.15) is 0 Å². The van der Waals surface area contributed by atoms with Crippen LogP contribution in [0, 0.1) is 0 Å². The van der Waals surface area contributed by atoms with Crippen LogP contribution in [-0.4, -0.2) is 129 Å². The lowest BCUT2D eigenvalue weighted by Gasteiger charge is -2.28. The maximum atomic E-state index is 13.2. The van der Waals surface area contributed by atoms with E-state index < -0.39 is 54.0 Å². The van der Waals surface area contributed by atoms with E-state index in [4.69, 9.17) is 5.73 Å². The normalized spacial score (nSPS) is 19.2. The van der Waals surface area contributed by atoms with Crippen LogP contribution in [0.1, 0.15) is 106 Å². The van der Waals surface area contributed by atoms with Gasteiger partial charge in [-0.25, -0.2) is 4.79 Å². The summed E-state index contributed by atoms with van der Waals surface area (Å²) in [6, 6.07) is 13.4. The third-order valence-electron chi connectivity index (χ3n) is 12.5. The van der Waals surface area contributed by atoms with Crippen LogP contribution in [0.4, 0.5) is 4.79 Å². The Balaban J connectivity index is 0.000000309. The lowest BCUT2D eigenvalue weighted by molar-refractivity contribution is -0.140. The SMILES string of the molecule is CNC(C)C(=O)N[C@@H](CCNC(=O)NCCC(NC(=O)[C@H](C)NC)C(=O)N1CCCC1)C(=O)N1CCCC1C(N)=O.O=CNC1CCCc2ccccc21.c1ccc2c(c1)CCCC2. The van der Waals surface area contributed by atoms with E-state index in [9.17, 15) is 33.6 Å². The molecule has 2 aromatic carbocycles. The van der Waals surface area contributed by atoms with Gasteiger partial charge in [0.2, 0.25) is 35.9 Å². The van der Waals surface area contributed by atoms with E-state index in [1.807, 2.05) is 6.07 Å². The van der Waals surface area contributed by atoms with Crippen LogP contribution in [0.2, 0.25) is 0 Å². The molecule has 2 aromatic rings. The summed E-state index contributed by atoms with van der Waals surface area (Å²) in [5.41, 5.74) is 11.3. The lowest BCUT2D eigenvalue weighted by atomic mass is 9.88. The monoisotopic (exact) mass is 889 g/mol. The predicted octanol–water partition coefficient (Wildman–Crippen LogP) is 1.73. The van der Waals surface area contributed by atoms with E-state index in [2.05, 4.69) is 79.7 Å². The molecule has 9 N–H and O–H groups in total. The van der Waals surface area contributed by atoms with Crippen molar-refractivity contribution in [3.05, 3.63) is 70.8 Å². The number of hydrogen-bond donors (Lipinski definition) is 8. The van der Waals surface area contributed by atoms with Crippen molar-refractivity contribution in [1.29, 1.82) is 0 Å². The van der Waals surface area contributed by atoms with E-state index in [1.54, 1.807) is 44.0 Å². The summed E-state index contributed by atoms with van der Waals surface area (Å²) < 4.78 is 0. The quantitative estimate of drug-likeness (QED) is 0.108. The van der Waals surface area contributed by atoms with E-state index >= 15 is 0 Å². The van der Waals surface area contributed by atoms with Gasteiger partial charge in [-0.3, -0.25) is 28.8 Å². The van der Waals surface area contributed by atoms with E-state index in [0.29, 0.717) is 32.5 Å². The highest BCUT2D eigenvalue weighted by atomic mass is 16.2. The molecule has 17 heteroatoms. The molecular weight excluding hydrogens is 817 g/mol. The number of likely N-dealkylation sites (N-methyl/N-ethyl adjacent to an activating group) is 2. The summed E-state index contributed by atoms with van der Waals surface area (Å²) in [5, 5.41) is 19.3. The summed E-state index contributed by atoms with van der Waals surface area (Å²) in [6.07, 6.45) is 12.8. The summed E-state index contributed by atoms with van der Waals surface area (Å²) >= 11 is 0. The van der Waals surface area contributed by atoms with Crippen LogP contribution in [0.15, 0.2) is 48.5 Å². The standard InChI is InChI=1S/C26H47N9O6.C11H13NO.C10H12/c1-16(28-3)22(37)32-18(24(39)34-13-5-6-14-34)9-11-30-26(41)31-12-10-19(33-23(38)17(2)29-4)25(40)35-15-7-8-20(35)21(27)36;13-8-12-11-7-3-5-9-4-1-2-6-10(9)11;1-2-6-10-8-4-3-7-9(10)5-1/h16-20,28-29H,5-15H2,1-4H3,(H2,27,36)(H,32,37)(H,33,38)(H2,30,31,41);1-2,4,6,8,11H,3,5,7H2,(H,12,13);1-2,5-6H,3-4,7-8H2/t16-,17?,18?,19-,20?;;/m0../s1. The van der Waals surface area contributed by atoms with Gasteiger partial charge < -0.3 is 52.8 Å². The van der Waals surface area contributed by atoms with Gasteiger partial charge in [-0.1, -0.05) is 48.5 Å². The fourth-order valence-electron chi connectivity index (χ4n) is 8.46. The van der Waals surface area contributed by atoms with Crippen molar-refractivity contribution >= 4 is 42.0 Å². The van der Waals surface area contributed by atoms with Gasteiger partial charge in [-0.15, -0.1) is 0 Å². The first kappa shape index (κ1) is 51.1. The number of nitrogens with one attached hydrogen (secondary N) is 7. The summed E-state index contributed by atoms with van der Waals surface area (Å²) in [4.78, 5) is 88.9. The van der Waals surface area contributed by atoms with Crippen LogP contribution in [0.3, 0.4) is 0 Å². The molecule has 2 heterocycles. The number of rotatable bonds is 17. The highest BCUT2D eigenvalue weighted by Gasteiger charge is 2.37. The number of primary amides is 1. The van der Waals surface area contributed by atoms with Crippen molar-refractivity contribution in [2.45, 2.75) is 134 Å². The number of nitrogens with zero attached hydrogens (tertiary/aromatic N) is 2. The number of fused-ring (bicyclic) bond motifs is 2. The lowest BCUT2D eigenvalue weighted by Crippen LogP contribution is -2.56. The second-order valence-corrected chi connectivity index (χ2v) is 16.9. The Hall–Kier alpha value is -5.55. The highest BCUT2D eigenvalue weighted by Crippen LogP contribution is 2.29. The zero-order chi connectivity index (χ0) is 46.4. The second kappa shape index (κ2) is 26.9. The molecule has 2 aliphatic carbocycles. The molecule has 0 spiro atoms. The summed E-state index contributed by atoms with van der Waals surface area (Å²) in [6.45, 7) is 5.15. The van der Waals surface area contributed by atoms with Gasteiger partial charge in [0.05, 0.1) is 18.1 Å². The number of carbonyl (C=O) groups excluding carboxylic acids is 7. The Morgan fingerprint density at radius 3 is 1.72 bits per heavy atom. The van der Waals surface area contributed by atoms with Gasteiger partial charge in [0.15, 0.2) is 0 Å². The third-order valence-corrected chi connectivity index (χ3v) is 12.5. The molecule has 2 aliphatic heterocycles. The molecule has 2 fully saturated rings. The van der Waals surface area contributed by atoms with Crippen LogP contribution in [-0.2, 0) is 48.0 Å². The number of amides is 8. The van der Waals surface area contributed by atoms with E-state index in [-0.39, 0.29) is 43.8 Å². The molecule has 6 rings (SSSR count). The fourth-order valence-corrected chi connectivity index (χ4v) is 8.46. The molecular formula is C47H72N10O7. The maximum absolute atomic E-state index is 13.2. The van der Waals surface area contributed by atoms with Crippen molar-refractivity contribution in [2.24, 2.45) is 5.73 Å². The molecule has 0 aromatic heterocycles. The molecule has 352 valence electrons. The van der Waals surface area contributed by atoms with Crippen molar-refractivity contribution in [3.63, 3.8) is 0 Å². The van der Waals surface area contributed by atoms with Crippen molar-refractivity contribution in [2.75, 3.05) is 46.8 Å². The van der Waals surface area contributed by atoms with Crippen LogP contribution < -0.4 is 43.0 Å². The van der Waals surface area contributed by atoms with Crippen molar-refractivity contribution in [1.82, 2.24) is 47.0 Å². The number of hydrogen-bond acceptors (Lipinski definition) is 9. The maximum Gasteiger partial charge on any atom is 0.314 e. The Morgan fingerprint density at radius 1 is 0.672 bits per heavy atom. The average molecular weight is 889 g/mol. The molecule has 0 saturated carbocycles. The van der Waals surface area contributed by atoms with Gasteiger partial charge in [-0.05, 0) is 134 Å². The Bertz CT molecular complexity index is 1830. The first-order valence-electron chi connectivity index (χ1n) is 23.1. The summed E-state index contributed by atoms with van der Waals surface area (Å²) in [5.74, 6) is -1.91. The second-order valence-electron chi connectivity index (χ2n) is 16.9. The minimum Gasteiger partial charge on any atom is -0.368 e. The van der Waals surface area contributed by atoms with Crippen LogP contribution >= 0.6 is 0 Å². The Labute approximate surface area is 378 Å². The molecule has 4 unspecified atom stereocenters. The number of nitrogens with two attached hydrogens (primary N) is 1. The zero-order valence-electron chi connectivity index (χ0n) is 38.2. The molecule has 17 nitrogen and oxygen atoms in total. The Kier molecular flexibility index (Phi) is 21.5. The molecule has 0 bridgehead atoms. The average Bonchev–Trinajstić information content (AvgIpc) is 4.05. The first-order chi connectivity index (χ1) is 30.9. The smallest absolute Gasteiger partial charge is 0.314 e. The van der Waals surface area contributed by atoms with E-state index in [0.717, 1.165) is 32.1 Å².